The van der Waals surface area contributed by atoms with Gasteiger partial charge in [-0.05, 0) is 31.2 Å². The summed E-state index contributed by atoms with van der Waals surface area (Å²) < 4.78 is 8.19. The molecule has 0 unspecified atom stereocenters. The van der Waals surface area contributed by atoms with Gasteiger partial charge in [0.2, 0.25) is 4.80 Å². The standard InChI is InChI=1S/C21H20BrN3O2S/c1-3-11-23-21-25(19(14-28-21)15-5-8-17(22)9-6-15)24-13-16-7-10-18(27-4-2)12-20(16)26/h3,5-10,12-14,26H,1,4,11H2,2H3. The second-order valence-corrected chi connectivity index (χ2v) is 7.50. The maximum Gasteiger partial charge on any atom is 0.206 e. The minimum absolute atomic E-state index is 0.111. The third kappa shape index (κ3) is 4.79. The molecule has 0 saturated carbocycles. The molecule has 7 heteroatoms. The van der Waals surface area contributed by atoms with Gasteiger partial charge in [0.15, 0.2) is 0 Å². The molecule has 3 aromatic rings. The summed E-state index contributed by atoms with van der Waals surface area (Å²) in [6.07, 6.45) is 3.36. The molecule has 0 aliphatic heterocycles. The van der Waals surface area contributed by atoms with Crippen LogP contribution in [-0.4, -0.2) is 29.1 Å². The van der Waals surface area contributed by atoms with Crippen LogP contribution in [0.3, 0.4) is 0 Å². The van der Waals surface area contributed by atoms with Gasteiger partial charge in [-0.1, -0.05) is 34.1 Å². The van der Waals surface area contributed by atoms with E-state index in [9.17, 15) is 5.11 Å². The Morgan fingerprint density at radius 2 is 2.04 bits per heavy atom. The van der Waals surface area contributed by atoms with E-state index in [0.717, 1.165) is 20.5 Å². The lowest BCUT2D eigenvalue weighted by molar-refractivity contribution is 0.337. The normalized spacial score (nSPS) is 11.9. The zero-order valence-corrected chi connectivity index (χ0v) is 17.8. The molecular weight excluding hydrogens is 438 g/mol. The number of phenolic OH excluding ortho intramolecular Hbond substituents is 1. The molecule has 0 amide bonds. The summed E-state index contributed by atoms with van der Waals surface area (Å²) in [7, 11) is 0. The van der Waals surface area contributed by atoms with E-state index in [1.54, 1.807) is 29.1 Å². The minimum atomic E-state index is 0.111. The van der Waals surface area contributed by atoms with Gasteiger partial charge in [-0.3, -0.25) is 4.99 Å². The largest absolute Gasteiger partial charge is 0.507 e. The van der Waals surface area contributed by atoms with Crippen LogP contribution in [0.4, 0.5) is 0 Å². The molecule has 0 atom stereocenters. The molecule has 144 valence electrons. The number of phenols is 1. The smallest absolute Gasteiger partial charge is 0.206 e. The zero-order valence-electron chi connectivity index (χ0n) is 15.4. The van der Waals surface area contributed by atoms with Gasteiger partial charge in [0.05, 0.1) is 25.1 Å². The molecule has 28 heavy (non-hydrogen) atoms. The van der Waals surface area contributed by atoms with Crippen molar-refractivity contribution in [3.05, 3.63) is 75.3 Å². The summed E-state index contributed by atoms with van der Waals surface area (Å²) in [5.74, 6) is 0.734. The molecule has 1 aromatic heterocycles. The van der Waals surface area contributed by atoms with Crippen LogP contribution < -0.4 is 9.54 Å². The number of ether oxygens (including phenoxy) is 1. The Balaban J connectivity index is 2.02. The van der Waals surface area contributed by atoms with Crippen molar-refractivity contribution in [2.45, 2.75) is 6.92 Å². The molecule has 1 N–H and O–H groups in total. The average Bonchev–Trinajstić information content (AvgIpc) is 3.09. The number of rotatable bonds is 7. The number of hydrogen-bond acceptors (Lipinski definition) is 5. The second kappa shape index (κ2) is 9.52. The maximum atomic E-state index is 10.3. The summed E-state index contributed by atoms with van der Waals surface area (Å²) in [6.45, 7) is 6.67. The Bertz CT molecular complexity index is 1050. The number of benzene rings is 2. The molecule has 0 bridgehead atoms. The van der Waals surface area contributed by atoms with Crippen molar-refractivity contribution >= 4 is 33.5 Å². The van der Waals surface area contributed by atoms with Gasteiger partial charge in [0.25, 0.3) is 0 Å². The third-order valence-corrected chi connectivity index (χ3v) is 5.19. The molecule has 2 aromatic carbocycles. The Morgan fingerprint density at radius 1 is 1.25 bits per heavy atom. The lowest BCUT2D eigenvalue weighted by Crippen LogP contribution is -2.12. The van der Waals surface area contributed by atoms with Crippen molar-refractivity contribution in [1.29, 1.82) is 0 Å². The molecular formula is C21H20BrN3O2S. The van der Waals surface area contributed by atoms with E-state index < -0.39 is 0 Å². The van der Waals surface area contributed by atoms with Crippen LogP contribution in [0.15, 0.2) is 75.1 Å². The number of aromatic hydroxyl groups is 1. The Kier molecular flexibility index (Phi) is 6.84. The van der Waals surface area contributed by atoms with Gasteiger partial charge in [-0.25, -0.2) is 4.68 Å². The SMILES string of the molecule is C=CCN=c1scc(-c2ccc(Br)cc2)n1N=Cc1ccc(OCC)cc1O. The van der Waals surface area contributed by atoms with Crippen LogP contribution in [-0.2, 0) is 0 Å². The topological polar surface area (TPSA) is 59.1 Å². The molecule has 0 spiro atoms. The van der Waals surface area contributed by atoms with Crippen LogP contribution in [0, 0.1) is 0 Å². The highest BCUT2D eigenvalue weighted by Gasteiger charge is 2.08. The van der Waals surface area contributed by atoms with E-state index in [0.29, 0.717) is 24.5 Å². The van der Waals surface area contributed by atoms with Crippen molar-refractivity contribution < 1.29 is 9.84 Å². The van der Waals surface area contributed by atoms with Gasteiger partial charge in [0, 0.05) is 27.0 Å². The number of thiazole rings is 1. The fraction of sp³-hybridized carbons (Fsp3) is 0.143. The summed E-state index contributed by atoms with van der Waals surface area (Å²) in [6, 6.07) is 13.2. The highest BCUT2D eigenvalue weighted by Crippen LogP contribution is 2.24. The molecule has 0 aliphatic rings. The average molecular weight is 458 g/mol. The lowest BCUT2D eigenvalue weighted by atomic mass is 10.2. The highest BCUT2D eigenvalue weighted by atomic mass is 79.9. The first-order valence-corrected chi connectivity index (χ1v) is 10.4. The fourth-order valence-electron chi connectivity index (χ4n) is 2.49. The third-order valence-electron chi connectivity index (χ3n) is 3.81. The first kappa shape index (κ1) is 20.1. The fourth-order valence-corrected chi connectivity index (χ4v) is 3.60. The lowest BCUT2D eigenvalue weighted by Gasteiger charge is -2.06. The molecule has 1 heterocycles. The number of aromatic nitrogens is 1. The van der Waals surface area contributed by atoms with Gasteiger partial charge < -0.3 is 9.84 Å². The predicted octanol–water partition coefficient (Wildman–Crippen LogP) is 5.05. The summed E-state index contributed by atoms with van der Waals surface area (Å²) in [5.41, 5.74) is 2.54. The number of halogens is 1. The predicted molar refractivity (Wildman–Crippen MR) is 118 cm³/mol. The van der Waals surface area contributed by atoms with Crippen LogP contribution >= 0.6 is 27.3 Å². The van der Waals surface area contributed by atoms with E-state index in [4.69, 9.17) is 4.74 Å². The van der Waals surface area contributed by atoms with E-state index >= 15 is 0 Å². The van der Waals surface area contributed by atoms with E-state index in [1.165, 1.54) is 11.3 Å². The van der Waals surface area contributed by atoms with E-state index in [1.807, 2.05) is 42.6 Å². The number of hydrogen-bond donors (Lipinski definition) is 1. The van der Waals surface area contributed by atoms with Gasteiger partial charge in [0.1, 0.15) is 11.5 Å². The molecule has 0 aliphatic carbocycles. The zero-order chi connectivity index (χ0) is 19.9. The Morgan fingerprint density at radius 3 is 2.71 bits per heavy atom. The van der Waals surface area contributed by atoms with Crippen molar-refractivity contribution in [2.75, 3.05) is 13.2 Å². The quantitative estimate of drug-likeness (QED) is 0.398. The van der Waals surface area contributed by atoms with Crippen LogP contribution in [0.25, 0.3) is 11.3 Å². The second-order valence-electron chi connectivity index (χ2n) is 5.75. The monoisotopic (exact) mass is 457 g/mol. The van der Waals surface area contributed by atoms with Gasteiger partial charge in [-0.2, -0.15) is 5.10 Å². The van der Waals surface area contributed by atoms with Crippen LogP contribution in [0.1, 0.15) is 12.5 Å². The molecule has 3 rings (SSSR count). The molecule has 0 saturated heterocycles. The van der Waals surface area contributed by atoms with Crippen molar-refractivity contribution in [3.8, 4) is 22.8 Å². The molecule has 5 nitrogen and oxygen atoms in total. The summed E-state index contributed by atoms with van der Waals surface area (Å²) >= 11 is 4.96. The first-order chi connectivity index (χ1) is 13.6. The summed E-state index contributed by atoms with van der Waals surface area (Å²) in [4.78, 5) is 5.27. The van der Waals surface area contributed by atoms with Crippen LogP contribution in [0.2, 0.25) is 0 Å². The maximum absolute atomic E-state index is 10.3. The highest BCUT2D eigenvalue weighted by molar-refractivity contribution is 9.10. The summed E-state index contributed by atoms with van der Waals surface area (Å²) in [5, 5.41) is 16.9. The Labute approximate surface area is 176 Å². The Hall–Kier alpha value is -2.64. The molecule has 0 radical (unpaired) electrons. The van der Waals surface area contributed by atoms with E-state index in [2.05, 4.69) is 32.6 Å². The van der Waals surface area contributed by atoms with E-state index in [-0.39, 0.29) is 5.75 Å². The first-order valence-electron chi connectivity index (χ1n) is 8.70. The van der Waals surface area contributed by atoms with Crippen LogP contribution in [0.5, 0.6) is 11.5 Å². The van der Waals surface area contributed by atoms with Crippen molar-refractivity contribution in [1.82, 2.24) is 4.68 Å². The van der Waals surface area contributed by atoms with Crippen molar-refractivity contribution in [3.63, 3.8) is 0 Å². The number of nitrogens with zero attached hydrogens (tertiary/aromatic N) is 3. The minimum Gasteiger partial charge on any atom is -0.507 e. The van der Waals surface area contributed by atoms with Gasteiger partial charge in [-0.15, -0.1) is 17.9 Å². The molecule has 0 fully saturated rings. The van der Waals surface area contributed by atoms with Crippen molar-refractivity contribution in [2.24, 2.45) is 10.1 Å². The van der Waals surface area contributed by atoms with Gasteiger partial charge >= 0.3 is 0 Å².